The number of carbonyl (C=O) groups is 1. The molecule has 0 saturated heterocycles. The molecule has 2 aromatic rings. The maximum Gasteiger partial charge on any atom is 0.337 e. The van der Waals surface area contributed by atoms with Crippen LogP contribution in [-0.4, -0.2) is 19.6 Å². The number of ether oxygens (including phenoxy) is 1. The molecule has 1 aromatic carbocycles. The summed E-state index contributed by atoms with van der Waals surface area (Å²) in [5.41, 5.74) is 7.75. The van der Waals surface area contributed by atoms with Gasteiger partial charge in [0.05, 0.1) is 24.0 Å². The lowest BCUT2D eigenvalue weighted by Gasteiger charge is -2.10. The van der Waals surface area contributed by atoms with Crippen LogP contribution in [0.5, 0.6) is 0 Å². The average Bonchev–Trinajstić information content (AvgIpc) is 2.93. The number of esters is 1. The topological polar surface area (TPSA) is 64.3 Å². The van der Waals surface area contributed by atoms with Crippen molar-refractivity contribution >= 4 is 28.7 Å². The van der Waals surface area contributed by atoms with Crippen LogP contribution in [0.15, 0.2) is 35.7 Å². The summed E-state index contributed by atoms with van der Waals surface area (Å²) in [6.07, 6.45) is 0.954. The molecule has 0 bridgehead atoms. The fourth-order valence-corrected chi connectivity index (χ4v) is 2.45. The first-order chi connectivity index (χ1) is 9.20. The lowest BCUT2D eigenvalue weighted by atomic mass is 10.1. The maximum atomic E-state index is 11.3. The first kappa shape index (κ1) is 13.4. The molecule has 4 nitrogen and oxygen atoms in total. The number of methoxy groups -OCH3 is 1. The number of hydrogen-bond donors (Lipinski definition) is 2. The number of hydrogen-bond acceptors (Lipinski definition) is 5. The molecule has 0 amide bonds. The fourth-order valence-electron chi connectivity index (χ4n) is 1.74. The molecule has 0 aliphatic carbocycles. The number of carbonyl (C=O) groups excluding carboxylic acids is 1. The Bertz CT molecular complexity index is 553. The van der Waals surface area contributed by atoms with Gasteiger partial charge in [0.15, 0.2) is 0 Å². The smallest absolute Gasteiger partial charge is 0.337 e. The third-order valence-corrected chi connectivity index (χ3v) is 3.68. The van der Waals surface area contributed by atoms with Crippen LogP contribution in [0, 0.1) is 0 Å². The van der Waals surface area contributed by atoms with E-state index in [0.29, 0.717) is 11.3 Å². The van der Waals surface area contributed by atoms with Crippen LogP contribution in [0.25, 0.3) is 0 Å². The van der Waals surface area contributed by atoms with Crippen molar-refractivity contribution in [2.45, 2.75) is 6.42 Å². The van der Waals surface area contributed by atoms with E-state index < -0.39 is 0 Å². The minimum atomic E-state index is -0.378. The summed E-state index contributed by atoms with van der Waals surface area (Å²) in [6.45, 7) is 0.808. The van der Waals surface area contributed by atoms with Gasteiger partial charge in [-0.25, -0.2) is 4.79 Å². The van der Waals surface area contributed by atoms with Crippen LogP contribution < -0.4 is 11.1 Å². The molecule has 0 atom stereocenters. The van der Waals surface area contributed by atoms with E-state index in [4.69, 9.17) is 5.73 Å². The zero-order valence-corrected chi connectivity index (χ0v) is 11.5. The first-order valence-corrected chi connectivity index (χ1v) is 6.83. The van der Waals surface area contributed by atoms with Crippen LogP contribution >= 0.6 is 11.3 Å². The second kappa shape index (κ2) is 6.24. The SMILES string of the molecule is COC(=O)c1ccc(NCCc2cccs2)c(N)c1. The molecule has 0 spiro atoms. The summed E-state index contributed by atoms with van der Waals surface area (Å²) in [7, 11) is 1.35. The number of rotatable bonds is 5. The van der Waals surface area contributed by atoms with Crippen molar-refractivity contribution in [3.05, 3.63) is 46.2 Å². The van der Waals surface area contributed by atoms with E-state index in [1.165, 1.54) is 12.0 Å². The molecule has 1 aromatic heterocycles. The van der Waals surface area contributed by atoms with Crippen molar-refractivity contribution in [1.82, 2.24) is 0 Å². The standard InChI is InChI=1S/C14H16N2O2S/c1-18-14(17)10-4-5-13(12(15)9-10)16-7-6-11-3-2-8-19-11/h2-5,8-9,16H,6-7,15H2,1H3. The summed E-state index contributed by atoms with van der Waals surface area (Å²) in [5.74, 6) is -0.378. The minimum Gasteiger partial charge on any atom is -0.465 e. The molecule has 0 fully saturated rings. The van der Waals surface area contributed by atoms with Crippen molar-refractivity contribution < 1.29 is 9.53 Å². The van der Waals surface area contributed by atoms with Gasteiger partial charge in [-0.1, -0.05) is 6.07 Å². The molecule has 2 rings (SSSR count). The van der Waals surface area contributed by atoms with Crippen molar-refractivity contribution in [3.63, 3.8) is 0 Å². The highest BCUT2D eigenvalue weighted by molar-refractivity contribution is 7.09. The van der Waals surface area contributed by atoms with Gasteiger partial charge in [-0.3, -0.25) is 0 Å². The van der Waals surface area contributed by atoms with Gasteiger partial charge in [0.2, 0.25) is 0 Å². The maximum absolute atomic E-state index is 11.3. The number of benzene rings is 1. The number of nitrogens with one attached hydrogen (secondary N) is 1. The summed E-state index contributed by atoms with van der Waals surface area (Å²) < 4.78 is 4.65. The predicted molar refractivity (Wildman–Crippen MR) is 78.7 cm³/mol. The van der Waals surface area contributed by atoms with Crippen molar-refractivity contribution in [2.24, 2.45) is 0 Å². The third-order valence-electron chi connectivity index (χ3n) is 2.74. The molecule has 0 aliphatic rings. The normalized spacial score (nSPS) is 10.2. The molecule has 0 unspecified atom stereocenters. The zero-order valence-electron chi connectivity index (χ0n) is 10.7. The van der Waals surface area contributed by atoms with Gasteiger partial charge in [-0.05, 0) is 36.1 Å². The minimum absolute atomic E-state index is 0.378. The van der Waals surface area contributed by atoms with Gasteiger partial charge in [0.1, 0.15) is 0 Å². The summed E-state index contributed by atoms with van der Waals surface area (Å²) in [5, 5.41) is 5.33. The highest BCUT2D eigenvalue weighted by Gasteiger charge is 2.07. The Morgan fingerprint density at radius 3 is 2.89 bits per heavy atom. The Morgan fingerprint density at radius 1 is 1.42 bits per heavy atom. The van der Waals surface area contributed by atoms with Gasteiger partial charge in [-0.2, -0.15) is 0 Å². The molecular weight excluding hydrogens is 260 g/mol. The lowest BCUT2D eigenvalue weighted by Crippen LogP contribution is -2.08. The molecule has 5 heteroatoms. The van der Waals surface area contributed by atoms with Crippen LogP contribution in [0.2, 0.25) is 0 Å². The number of anilines is 2. The predicted octanol–water partition coefficient (Wildman–Crippen LogP) is 2.77. The first-order valence-electron chi connectivity index (χ1n) is 5.95. The molecular formula is C14H16N2O2S. The van der Waals surface area contributed by atoms with E-state index in [9.17, 15) is 4.79 Å². The monoisotopic (exact) mass is 276 g/mol. The van der Waals surface area contributed by atoms with E-state index in [1.807, 2.05) is 6.07 Å². The van der Waals surface area contributed by atoms with Crippen LogP contribution in [0.3, 0.4) is 0 Å². The van der Waals surface area contributed by atoms with Gasteiger partial charge in [0.25, 0.3) is 0 Å². The lowest BCUT2D eigenvalue weighted by molar-refractivity contribution is 0.0601. The van der Waals surface area contributed by atoms with Gasteiger partial charge in [0, 0.05) is 11.4 Å². The summed E-state index contributed by atoms with van der Waals surface area (Å²) >= 11 is 1.74. The van der Waals surface area contributed by atoms with E-state index in [1.54, 1.807) is 29.5 Å². The largest absolute Gasteiger partial charge is 0.465 e. The van der Waals surface area contributed by atoms with Crippen LogP contribution in [0.4, 0.5) is 11.4 Å². The molecule has 0 radical (unpaired) electrons. The molecule has 100 valence electrons. The Balaban J connectivity index is 1.95. The Labute approximate surface area is 116 Å². The van der Waals surface area contributed by atoms with E-state index >= 15 is 0 Å². The third kappa shape index (κ3) is 3.48. The highest BCUT2D eigenvalue weighted by atomic mass is 32.1. The van der Waals surface area contributed by atoms with Crippen LogP contribution in [-0.2, 0) is 11.2 Å². The highest BCUT2D eigenvalue weighted by Crippen LogP contribution is 2.20. The number of nitrogens with two attached hydrogens (primary N) is 1. The Kier molecular flexibility index (Phi) is 4.41. The van der Waals surface area contributed by atoms with Gasteiger partial charge < -0.3 is 15.8 Å². The molecule has 19 heavy (non-hydrogen) atoms. The summed E-state index contributed by atoms with van der Waals surface area (Å²) in [4.78, 5) is 12.7. The van der Waals surface area contributed by atoms with E-state index in [0.717, 1.165) is 18.7 Å². The Morgan fingerprint density at radius 2 is 2.26 bits per heavy atom. The molecule has 0 saturated carbocycles. The molecule has 3 N–H and O–H groups in total. The van der Waals surface area contributed by atoms with E-state index in [2.05, 4.69) is 21.5 Å². The second-order valence-corrected chi connectivity index (χ2v) is 5.08. The Hall–Kier alpha value is -2.01. The number of nitrogen functional groups attached to an aromatic ring is 1. The van der Waals surface area contributed by atoms with Crippen molar-refractivity contribution in [3.8, 4) is 0 Å². The second-order valence-electron chi connectivity index (χ2n) is 4.05. The van der Waals surface area contributed by atoms with Crippen molar-refractivity contribution in [1.29, 1.82) is 0 Å². The van der Waals surface area contributed by atoms with Gasteiger partial charge >= 0.3 is 5.97 Å². The van der Waals surface area contributed by atoms with Gasteiger partial charge in [-0.15, -0.1) is 11.3 Å². The number of thiophene rings is 1. The van der Waals surface area contributed by atoms with Crippen molar-refractivity contribution in [2.75, 3.05) is 24.7 Å². The fraction of sp³-hybridized carbons (Fsp3) is 0.214. The zero-order chi connectivity index (χ0) is 13.7. The summed E-state index contributed by atoms with van der Waals surface area (Å²) in [6, 6.07) is 9.28. The van der Waals surface area contributed by atoms with E-state index in [-0.39, 0.29) is 5.97 Å². The quantitative estimate of drug-likeness (QED) is 0.651. The molecule has 0 aliphatic heterocycles. The van der Waals surface area contributed by atoms with Crippen LogP contribution in [0.1, 0.15) is 15.2 Å². The molecule has 1 heterocycles. The average molecular weight is 276 g/mol.